The normalized spacial score (nSPS) is 11.7. The number of aryl methyl sites for hydroxylation is 1. The molecule has 0 aliphatic rings. The molecule has 1 N–H and O–H groups in total. The van der Waals surface area contributed by atoms with E-state index in [1.807, 2.05) is 12.1 Å². The molecule has 4 heteroatoms. The van der Waals surface area contributed by atoms with Gasteiger partial charge in [0.05, 0.1) is 0 Å². The van der Waals surface area contributed by atoms with Crippen molar-refractivity contribution in [1.82, 2.24) is 0 Å². The fourth-order valence-electron chi connectivity index (χ4n) is 2.12. The van der Waals surface area contributed by atoms with Crippen LogP contribution < -0.4 is 0 Å². The van der Waals surface area contributed by atoms with Gasteiger partial charge in [-0.15, -0.1) is 0 Å². The zero-order chi connectivity index (χ0) is 14.1. The van der Waals surface area contributed by atoms with Crippen LogP contribution in [0.4, 0.5) is 0 Å². The predicted octanol–water partition coefficient (Wildman–Crippen LogP) is 3.98. The highest BCUT2D eigenvalue weighted by Gasteiger charge is 2.05. The Morgan fingerprint density at radius 3 is 2.00 bits per heavy atom. The van der Waals surface area contributed by atoms with Gasteiger partial charge < -0.3 is 0 Å². The summed E-state index contributed by atoms with van der Waals surface area (Å²) < 4.78 is 30.2. The Hall–Kier alpha value is -0.870. The van der Waals surface area contributed by atoms with Gasteiger partial charge in [-0.05, 0) is 24.0 Å². The Balaban J connectivity index is 2.28. The summed E-state index contributed by atoms with van der Waals surface area (Å²) in [7, 11) is -3.92. The lowest BCUT2D eigenvalue weighted by Gasteiger charge is -2.04. The van der Waals surface area contributed by atoms with Crippen LogP contribution >= 0.6 is 0 Å². The van der Waals surface area contributed by atoms with Crippen molar-refractivity contribution in [3.63, 3.8) is 0 Å². The van der Waals surface area contributed by atoms with E-state index < -0.39 is 10.1 Å². The Morgan fingerprint density at radius 2 is 1.42 bits per heavy atom. The van der Waals surface area contributed by atoms with E-state index in [-0.39, 0.29) is 5.75 Å². The van der Waals surface area contributed by atoms with Crippen molar-refractivity contribution in [1.29, 1.82) is 0 Å². The summed E-state index contributed by atoms with van der Waals surface area (Å²) >= 11 is 0. The molecule has 1 rings (SSSR count). The standard InChI is InChI=1S/C15H24O3S/c1-2-3-4-5-6-7-8-14-9-11-15(12-10-14)13-19(16,17)18/h9-12H,2-8,13H2,1H3,(H,16,17,18). The fourth-order valence-corrected chi connectivity index (χ4v) is 2.74. The van der Waals surface area contributed by atoms with Crippen LogP contribution in [-0.2, 0) is 22.3 Å². The highest BCUT2D eigenvalue weighted by molar-refractivity contribution is 7.85. The molecule has 0 heterocycles. The second-order valence-electron chi connectivity index (χ2n) is 5.06. The molecule has 0 spiro atoms. The summed E-state index contributed by atoms with van der Waals surface area (Å²) in [5.41, 5.74) is 1.86. The van der Waals surface area contributed by atoms with Gasteiger partial charge in [0, 0.05) is 0 Å². The van der Waals surface area contributed by atoms with Crippen LogP contribution in [0.25, 0.3) is 0 Å². The van der Waals surface area contributed by atoms with Gasteiger partial charge in [-0.3, -0.25) is 4.55 Å². The topological polar surface area (TPSA) is 54.4 Å². The van der Waals surface area contributed by atoms with Crippen molar-refractivity contribution in [2.24, 2.45) is 0 Å². The quantitative estimate of drug-likeness (QED) is 0.551. The smallest absolute Gasteiger partial charge is 0.269 e. The molecule has 0 saturated heterocycles. The number of hydrogen-bond acceptors (Lipinski definition) is 2. The van der Waals surface area contributed by atoms with Crippen molar-refractivity contribution in [3.05, 3.63) is 35.4 Å². The number of benzene rings is 1. The maximum Gasteiger partial charge on any atom is 0.269 e. The minimum absolute atomic E-state index is 0.301. The molecule has 108 valence electrons. The highest BCUT2D eigenvalue weighted by Crippen LogP contribution is 2.12. The molecule has 0 radical (unpaired) electrons. The second kappa shape index (κ2) is 8.33. The lowest BCUT2D eigenvalue weighted by atomic mass is 10.0. The van der Waals surface area contributed by atoms with Crippen molar-refractivity contribution < 1.29 is 13.0 Å². The first-order valence-electron chi connectivity index (χ1n) is 7.04. The van der Waals surface area contributed by atoms with Crippen molar-refractivity contribution in [2.45, 2.75) is 57.6 Å². The number of unbranched alkanes of at least 4 members (excludes halogenated alkanes) is 5. The Labute approximate surface area is 116 Å². The van der Waals surface area contributed by atoms with E-state index in [2.05, 4.69) is 6.92 Å². The largest absolute Gasteiger partial charge is 0.285 e. The van der Waals surface area contributed by atoms with Crippen LogP contribution in [0.15, 0.2) is 24.3 Å². The molecular weight excluding hydrogens is 260 g/mol. The van der Waals surface area contributed by atoms with Gasteiger partial charge in [0.2, 0.25) is 0 Å². The van der Waals surface area contributed by atoms with Gasteiger partial charge in [0.15, 0.2) is 0 Å². The predicted molar refractivity (Wildman–Crippen MR) is 78.8 cm³/mol. The molecule has 19 heavy (non-hydrogen) atoms. The molecule has 0 aromatic heterocycles. The molecule has 0 fully saturated rings. The van der Waals surface area contributed by atoms with Crippen LogP contribution in [0.3, 0.4) is 0 Å². The third kappa shape index (κ3) is 8.01. The van der Waals surface area contributed by atoms with Gasteiger partial charge in [0.25, 0.3) is 10.1 Å². The number of rotatable bonds is 9. The van der Waals surface area contributed by atoms with Crippen molar-refractivity contribution >= 4 is 10.1 Å². The maximum atomic E-state index is 10.7. The molecule has 0 bridgehead atoms. The maximum absolute atomic E-state index is 10.7. The van der Waals surface area contributed by atoms with Gasteiger partial charge in [-0.2, -0.15) is 8.42 Å². The Morgan fingerprint density at radius 1 is 0.895 bits per heavy atom. The highest BCUT2D eigenvalue weighted by atomic mass is 32.2. The molecule has 0 saturated carbocycles. The van der Waals surface area contributed by atoms with E-state index in [1.54, 1.807) is 12.1 Å². The van der Waals surface area contributed by atoms with E-state index in [0.717, 1.165) is 6.42 Å². The van der Waals surface area contributed by atoms with Crippen molar-refractivity contribution in [2.75, 3.05) is 0 Å². The molecule has 0 unspecified atom stereocenters. The van der Waals surface area contributed by atoms with Crippen molar-refractivity contribution in [3.8, 4) is 0 Å². The minimum Gasteiger partial charge on any atom is -0.285 e. The molecular formula is C15H24O3S. The average molecular weight is 284 g/mol. The first-order chi connectivity index (χ1) is 9.01. The SMILES string of the molecule is CCCCCCCCc1ccc(CS(=O)(=O)O)cc1. The fraction of sp³-hybridized carbons (Fsp3) is 0.600. The monoisotopic (exact) mass is 284 g/mol. The van der Waals surface area contributed by atoms with Crippen LogP contribution in [0.5, 0.6) is 0 Å². The van der Waals surface area contributed by atoms with Crippen LogP contribution in [0, 0.1) is 0 Å². The van der Waals surface area contributed by atoms with Gasteiger partial charge >= 0.3 is 0 Å². The van der Waals surface area contributed by atoms with Gasteiger partial charge in [-0.25, -0.2) is 0 Å². The minimum atomic E-state index is -3.92. The molecule has 3 nitrogen and oxygen atoms in total. The van der Waals surface area contributed by atoms with Crippen LogP contribution in [-0.4, -0.2) is 13.0 Å². The molecule has 0 amide bonds. The third-order valence-corrected chi connectivity index (χ3v) is 3.89. The summed E-state index contributed by atoms with van der Waals surface area (Å²) in [6.45, 7) is 2.22. The summed E-state index contributed by atoms with van der Waals surface area (Å²) in [5, 5.41) is 0. The van der Waals surface area contributed by atoms with Gasteiger partial charge in [0.1, 0.15) is 5.75 Å². The van der Waals surface area contributed by atoms with E-state index >= 15 is 0 Å². The molecule has 1 aromatic rings. The van der Waals surface area contributed by atoms with Crippen LogP contribution in [0.2, 0.25) is 0 Å². The molecule has 0 aliphatic carbocycles. The first kappa shape index (κ1) is 16.2. The summed E-state index contributed by atoms with van der Waals surface area (Å²) in [6, 6.07) is 7.46. The Bertz CT molecular complexity index is 449. The summed E-state index contributed by atoms with van der Waals surface area (Å²) in [4.78, 5) is 0. The second-order valence-corrected chi connectivity index (χ2v) is 6.51. The molecule has 0 aliphatic heterocycles. The molecule has 0 atom stereocenters. The third-order valence-electron chi connectivity index (χ3n) is 3.19. The molecule has 1 aromatic carbocycles. The van der Waals surface area contributed by atoms with Gasteiger partial charge in [-0.1, -0.05) is 63.3 Å². The Kier molecular flexibility index (Phi) is 7.10. The van der Waals surface area contributed by atoms with E-state index in [0.29, 0.717) is 5.56 Å². The first-order valence-corrected chi connectivity index (χ1v) is 8.65. The van der Waals surface area contributed by atoms with E-state index in [1.165, 1.54) is 44.1 Å². The average Bonchev–Trinajstić information content (AvgIpc) is 2.34. The van der Waals surface area contributed by atoms with E-state index in [9.17, 15) is 8.42 Å². The van der Waals surface area contributed by atoms with Crippen LogP contribution in [0.1, 0.15) is 56.6 Å². The summed E-state index contributed by atoms with van der Waals surface area (Å²) in [5.74, 6) is -0.301. The number of hydrogen-bond donors (Lipinski definition) is 1. The zero-order valence-electron chi connectivity index (χ0n) is 11.6. The zero-order valence-corrected chi connectivity index (χ0v) is 12.5. The lowest BCUT2D eigenvalue weighted by Crippen LogP contribution is -2.01. The lowest BCUT2D eigenvalue weighted by molar-refractivity contribution is 0.482. The van der Waals surface area contributed by atoms with E-state index in [4.69, 9.17) is 4.55 Å². The summed E-state index contributed by atoms with van der Waals surface area (Å²) in [6.07, 6.45) is 8.70.